The number of aromatic hydroxyl groups is 1. The van der Waals surface area contributed by atoms with Crippen LogP contribution >= 0.6 is 0 Å². The number of aromatic nitrogens is 4. The van der Waals surface area contributed by atoms with Gasteiger partial charge in [-0.1, -0.05) is 0 Å². The molecule has 10 heteroatoms. The van der Waals surface area contributed by atoms with Crippen LogP contribution < -0.4 is 10.2 Å². The van der Waals surface area contributed by atoms with E-state index in [1.54, 1.807) is 18.2 Å². The zero-order chi connectivity index (χ0) is 22.5. The Morgan fingerprint density at radius 1 is 1.09 bits per heavy atom. The fourth-order valence-corrected chi connectivity index (χ4v) is 4.70. The summed E-state index contributed by atoms with van der Waals surface area (Å²) in [6.07, 6.45) is 2.05. The summed E-state index contributed by atoms with van der Waals surface area (Å²) in [5.41, 5.74) is 0.303. The smallest absolute Gasteiger partial charge is 0.434 e. The van der Waals surface area contributed by atoms with Gasteiger partial charge in [-0.2, -0.15) is 13.2 Å². The normalized spacial score (nSPS) is 22.8. The zero-order valence-electron chi connectivity index (χ0n) is 17.4. The molecule has 2 N–H and O–H groups in total. The summed E-state index contributed by atoms with van der Waals surface area (Å²) >= 11 is 0. The van der Waals surface area contributed by atoms with Crippen LogP contribution in [0.15, 0.2) is 42.9 Å². The van der Waals surface area contributed by atoms with Crippen LogP contribution in [0.1, 0.15) is 31.4 Å². The molecule has 1 aromatic carbocycles. The summed E-state index contributed by atoms with van der Waals surface area (Å²) in [6.45, 7) is 0. The molecule has 0 spiro atoms. The number of halogens is 3. The van der Waals surface area contributed by atoms with E-state index in [1.165, 1.54) is 23.5 Å². The maximum Gasteiger partial charge on any atom is 0.434 e. The summed E-state index contributed by atoms with van der Waals surface area (Å²) in [7, 11) is 2.03. The lowest BCUT2D eigenvalue weighted by Crippen LogP contribution is -2.47. The molecule has 0 aliphatic carbocycles. The SMILES string of the molecule is CN(c1ccc(-c2ccc(-n3cnc(C(F)(F)F)c3)cc2O)nn1)[C@H]1C[C@H]2CC[C@@H](C1)N2. The predicted molar refractivity (Wildman–Crippen MR) is 113 cm³/mol. The molecule has 3 aromatic rings. The largest absolute Gasteiger partial charge is 0.507 e. The van der Waals surface area contributed by atoms with Crippen molar-refractivity contribution < 1.29 is 18.3 Å². The average Bonchev–Trinajstić information content (AvgIpc) is 3.40. The Hall–Kier alpha value is -3.14. The number of benzene rings is 1. The van der Waals surface area contributed by atoms with Gasteiger partial charge in [-0.3, -0.25) is 0 Å². The van der Waals surface area contributed by atoms with E-state index in [9.17, 15) is 18.3 Å². The van der Waals surface area contributed by atoms with Gasteiger partial charge in [0.25, 0.3) is 0 Å². The molecule has 4 heterocycles. The van der Waals surface area contributed by atoms with Crippen LogP contribution in [0.2, 0.25) is 0 Å². The van der Waals surface area contributed by atoms with Crippen molar-refractivity contribution in [1.82, 2.24) is 25.1 Å². The number of phenolic OH excluding ortho intramolecular Hbond substituents is 1. The van der Waals surface area contributed by atoms with Gasteiger partial charge in [0.1, 0.15) is 5.75 Å². The van der Waals surface area contributed by atoms with Crippen LogP contribution in [0.4, 0.5) is 19.0 Å². The van der Waals surface area contributed by atoms with E-state index in [4.69, 9.17) is 0 Å². The molecule has 0 unspecified atom stereocenters. The van der Waals surface area contributed by atoms with E-state index >= 15 is 0 Å². The molecule has 2 bridgehead atoms. The summed E-state index contributed by atoms with van der Waals surface area (Å²) in [5, 5.41) is 22.8. The van der Waals surface area contributed by atoms with Crippen LogP contribution in [0, 0.1) is 0 Å². The third-order valence-corrected chi connectivity index (χ3v) is 6.44. The summed E-state index contributed by atoms with van der Waals surface area (Å²) in [6, 6.07) is 9.83. The standard InChI is InChI=1S/C22H23F3N6O/c1-30(16-8-13-2-3-14(9-16)27-13)21-7-6-18(28-29-21)17-5-4-15(10-19(17)32)31-11-20(26-12-31)22(23,24)25/h4-7,10-14,16,27,32H,2-3,8-9H2,1H3/t13-,14+,16+. The summed E-state index contributed by atoms with van der Waals surface area (Å²) in [4.78, 5) is 5.55. The minimum atomic E-state index is -4.52. The molecular weight excluding hydrogens is 421 g/mol. The molecule has 2 aliphatic heterocycles. The molecule has 0 amide bonds. The molecule has 3 atom stereocenters. The molecule has 2 fully saturated rings. The topological polar surface area (TPSA) is 79.1 Å². The van der Waals surface area contributed by atoms with Gasteiger partial charge in [0.15, 0.2) is 11.5 Å². The Kier molecular flexibility index (Phi) is 5.04. The number of anilines is 1. The van der Waals surface area contributed by atoms with Gasteiger partial charge in [-0.15, -0.1) is 10.2 Å². The van der Waals surface area contributed by atoms with Crippen molar-refractivity contribution in [2.45, 2.75) is 50.0 Å². The number of fused-ring (bicyclic) bond motifs is 2. The quantitative estimate of drug-likeness (QED) is 0.638. The van der Waals surface area contributed by atoms with Gasteiger partial charge in [-0.25, -0.2) is 4.98 Å². The van der Waals surface area contributed by atoms with Crippen molar-refractivity contribution in [2.75, 3.05) is 11.9 Å². The van der Waals surface area contributed by atoms with Gasteiger partial charge in [-0.05, 0) is 49.9 Å². The molecule has 0 saturated carbocycles. The lowest BCUT2D eigenvalue weighted by atomic mass is 9.98. The van der Waals surface area contributed by atoms with E-state index < -0.39 is 11.9 Å². The highest BCUT2D eigenvalue weighted by atomic mass is 19.4. The highest BCUT2D eigenvalue weighted by Gasteiger charge is 2.35. The number of hydrogen-bond donors (Lipinski definition) is 2. The van der Waals surface area contributed by atoms with Gasteiger partial charge in [0.2, 0.25) is 0 Å². The number of phenols is 1. The van der Waals surface area contributed by atoms with Gasteiger partial charge in [0.05, 0.1) is 17.7 Å². The van der Waals surface area contributed by atoms with E-state index in [0.29, 0.717) is 35.1 Å². The van der Waals surface area contributed by atoms with Gasteiger partial charge >= 0.3 is 6.18 Å². The molecule has 7 nitrogen and oxygen atoms in total. The molecule has 2 aromatic heterocycles. The number of imidazole rings is 1. The Bertz CT molecular complexity index is 1100. The van der Waals surface area contributed by atoms with E-state index in [0.717, 1.165) is 31.2 Å². The number of alkyl halides is 3. The maximum absolute atomic E-state index is 12.8. The maximum atomic E-state index is 12.8. The second-order valence-electron chi connectivity index (χ2n) is 8.52. The Morgan fingerprint density at radius 2 is 1.84 bits per heavy atom. The number of piperidine rings is 1. The fraction of sp³-hybridized carbons (Fsp3) is 0.409. The molecule has 168 valence electrons. The number of nitrogens with one attached hydrogen (secondary N) is 1. The Morgan fingerprint density at radius 3 is 2.44 bits per heavy atom. The highest BCUT2D eigenvalue weighted by Crippen LogP contribution is 2.33. The third kappa shape index (κ3) is 3.90. The third-order valence-electron chi connectivity index (χ3n) is 6.44. The second kappa shape index (κ2) is 7.77. The Balaban J connectivity index is 1.33. The minimum Gasteiger partial charge on any atom is -0.507 e. The van der Waals surface area contributed by atoms with Crippen molar-refractivity contribution in [2.24, 2.45) is 0 Å². The molecule has 2 aliphatic rings. The number of nitrogens with zero attached hydrogens (tertiary/aromatic N) is 5. The molecule has 5 rings (SSSR count). The van der Waals surface area contributed by atoms with Crippen molar-refractivity contribution in [1.29, 1.82) is 0 Å². The first-order chi connectivity index (χ1) is 15.3. The lowest BCUT2D eigenvalue weighted by Gasteiger charge is -2.36. The second-order valence-corrected chi connectivity index (χ2v) is 8.52. The number of hydrogen-bond acceptors (Lipinski definition) is 6. The first-order valence-electron chi connectivity index (χ1n) is 10.6. The van der Waals surface area contributed by atoms with Gasteiger partial charge < -0.3 is 19.9 Å². The van der Waals surface area contributed by atoms with Crippen LogP contribution in [-0.2, 0) is 6.18 Å². The Labute approximate surface area is 182 Å². The summed E-state index contributed by atoms with van der Waals surface area (Å²) in [5.74, 6) is 0.671. The number of rotatable bonds is 4. The average molecular weight is 444 g/mol. The highest BCUT2D eigenvalue weighted by molar-refractivity contribution is 5.69. The van der Waals surface area contributed by atoms with Crippen molar-refractivity contribution >= 4 is 5.82 Å². The zero-order valence-corrected chi connectivity index (χ0v) is 17.4. The van der Waals surface area contributed by atoms with Crippen molar-refractivity contribution in [3.05, 3.63) is 48.5 Å². The van der Waals surface area contributed by atoms with Crippen LogP contribution in [0.3, 0.4) is 0 Å². The van der Waals surface area contributed by atoms with E-state index in [-0.39, 0.29) is 5.75 Å². The monoisotopic (exact) mass is 444 g/mol. The van der Waals surface area contributed by atoms with Crippen LogP contribution in [0.25, 0.3) is 16.9 Å². The van der Waals surface area contributed by atoms with Gasteiger partial charge in [0, 0.05) is 43.0 Å². The molecular formula is C22H23F3N6O. The fourth-order valence-electron chi connectivity index (χ4n) is 4.70. The van der Waals surface area contributed by atoms with Crippen LogP contribution in [-0.4, -0.2) is 50.0 Å². The van der Waals surface area contributed by atoms with E-state index in [2.05, 4.69) is 25.4 Å². The van der Waals surface area contributed by atoms with Crippen LogP contribution in [0.5, 0.6) is 5.75 Å². The lowest BCUT2D eigenvalue weighted by molar-refractivity contribution is -0.140. The molecule has 0 radical (unpaired) electrons. The van der Waals surface area contributed by atoms with Crippen molar-refractivity contribution in [3.63, 3.8) is 0 Å². The minimum absolute atomic E-state index is 0.102. The first kappa shape index (κ1) is 20.7. The van der Waals surface area contributed by atoms with Crippen molar-refractivity contribution in [3.8, 4) is 22.7 Å². The predicted octanol–water partition coefficient (Wildman–Crippen LogP) is 3.77. The first-order valence-corrected chi connectivity index (χ1v) is 10.6. The molecule has 2 saturated heterocycles. The molecule has 32 heavy (non-hydrogen) atoms. The van der Waals surface area contributed by atoms with E-state index in [1.807, 2.05) is 13.1 Å². The summed E-state index contributed by atoms with van der Waals surface area (Å²) < 4.78 is 39.6.